The summed E-state index contributed by atoms with van der Waals surface area (Å²) in [5, 5.41) is 15.6. The quantitative estimate of drug-likeness (QED) is 0.615. The number of para-hydroxylation sites is 2. The van der Waals surface area contributed by atoms with E-state index in [1.807, 2.05) is 36.4 Å². The Labute approximate surface area is 161 Å². The molecule has 2 aromatic carbocycles. The molecule has 0 atom stereocenters. The van der Waals surface area contributed by atoms with E-state index in [0.29, 0.717) is 34.1 Å². The van der Waals surface area contributed by atoms with E-state index in [1.54, 1.807) is 19.4 Å². The zero-order valence-electron chi connectivity index (χ0n) is 14.0. The van der Waals surface area contributed by atoms with Gasteiger partial charge in [0.05, 0.1) is 19.0 Å². The maximum absolute atomic E-state index is 6.18. The molecule has 0 amide bonds. The number of methoxy groups -OCH3 is 1. The highest BCUT2D eigenvalue weighted by Crippen LogP contribution is 2.25. The van der Waals surface area contributed by atoms with Crippen LogP contribution in [0.5, 0.6) is 5.75 Å². The fourth-order valence-electron chi connectivity index (χ4n) is 2.36. The second-order valence-electron chi connectivity index (χ2n) is 5.40. The van der Waals surface area contributed by atoms with Gasteiger partial charge < -0.3 is 15.4 Å². The van der Waals surface area contributed by atoms with E-state index >= 15 is 0 Å². The molecule has 8 heteroatoms. The second-order valence-corrected chi connectivity index (χ2v) is 6.25. The lowest BCUT2D eigenvalue weighted by molar-refractivity contribution is 0.417. The van der Waals surface area contributed by atoms with Crippen LogP contribution in [0.15, 0.2) is 48.7 Å². The van der Waals surface area contributed by atoms with Gasteiger partial charge in [-0.1, -0.05) is 41.4 Å². The van der Waals surface area contributed by atoms with Gasteiger partial charge in [0.15, 0.2) is 5.82 Å². The molecular formula is C18H17Cl2N5O. The number of ether oxygens (including phenoxy) is 1. The van der Waals surface area contributed by atoms with Gasteiger partial charge in [0, 0.05) is 16.6 Å². The average molecular weight is 390 g/mol. The van der Waals surface area contributed by atoms with Gasteiger partial charge in [-0.2, -0.15) is 10.1 Å². The molecule has 134 valence electrons. The molecule has 0 saturated heterocycles. The number of benzene rings is 2. The largest absolute Gasteiger partial charge is 0.495 e. The molecule has 2 N–H and O–H groups in total. The highest BCUT2D eigenvalue weighted by Gasteiger charge is 2.06. The van der Waals surface area contributed by atoms with Crippen molar-refractivity contribution in [3.05, 3.63) is 64.3 Å². The number of anilines is 3. The van der Waals surface area contributed by atoms with Crippen LogP contribution in [0.1, 0.15) is 5.56 Å². The molecule has 0 unspecified atom stereocenters. The number of halogens is 2. The molecule has 6 nitrogen and oxygen atoms in total. The third-order valence-electron chi connectivity index (χ3n) is 3.63. The summed E-state index contributed by atoms with van der Waals surface area (Å²) in [5.74, 6) is 1.69. The second kappa shape index (κ2) is 8.69. The molecule has 26 heavy (non-hydrogen) atoms. The van der Waals surface area contributed by atoms with Crippen molar-refractivity contribution in [1.29, 1.82) is 0 Å². The minimum atomic E-state index is 0.379. The summed E-state index contributed by atoms with van der Waals surface area (Å²) in [4.78, 5) is 4.41. The highest BCUT2D eigenvalue weighted by atomic mass is 35.5. The van der Waals surface area contributed by atoms with Crippen molar-refractivity contribution >= 4 is 40.7 Å². The number of nitrogens with zero attached hydrogens (tertiary/aromatic N) is 3. The van der Waals surface area contributed by atoms with Crippen molar-refractivity contribution in [3.8, 4) is 5.75 Å². The highest BCUT2D eigenvalue weighted by molar-refractivity contribution is 6.35. The summed E-state index contributed by atoms with van der Waals surface area (Å²) in [5.41, 5.74) is 1.78. The van der Waals surface area contributed by atoms with Gasteiger partial charge in [-0.3, -0.25) is 0 Å². The van der Waals surface area contributed by atoms with Crippen LogP contribution >= 0.6 is 23.2 Å². The van der Waals surface area contributed by atoms with E-state index in [1.165, 1.54) is 0 Å². The van der Waals surface area contributed by atoms with Crippen LogP contribution in [-0.2, 0) is 6.42 Å². The van der Waals surface area contributed by atoms with E-state index in [0.717, 1.165) is 17.7 Å². The van der Waals surface area contributed by atoms with Crippen LogP contribution in [0.25, 0.3) is 0 Å². The lowest BCUT2D eigenvalue weighted by Gasteiger charge is -2.10. The van der Waals surface area contributed by atoms with Crippen molar-refractivity contribution in [2.24, 2.45) is 0 Å². The number of rotatable bonds is 7. The number of aromatic nitrogens is 3. The van der Waals surface area contributed by atoms with Crippen molar-refractivity contribution in [3.63, 3.8) is 0 Å². The van der Waals surface area contributed by atoms with Crippen LogP contribution in [0.3, 0.4) is 0 Å². The predicted molar refractivity (Wildman–Crippen MR) is 105 cm³/mol. The average Bonchev–Trinajstić information content (AvgIpc) is 2.64. The first kappa shape index (κ1) is 18.2. The van der Waals surface area contributed by atoms with Crippen LogP contribution in [0, 0.1) is 0 Å². The Morgan fingerprint density at radius 3 is 2.77 bits per heavy atom. The van der Waals surface area contributed by atoms with Crippen molar-refractivity contribution in [2.75, 3.05) is 24.3 Å². The smallest absolute Gasteiger partial charge is 0.249 e. The Balaban J connectivity index is 1.62. The summed E-state index contributed by atoms with van der Waals surface area (Å²) in [6.07, 6.45) is 2.30. The molecule has 1 heterocycles. The third kappa shape index (κ3) is 4.74. The monoisotopic (exact) mass is 389 g/mol. The Bertz CT molecular complexity index is 891. The minimum absolute atomic E-state index is 0.379. The summed E-state index contributed by atoms with van der Waals surface area (Å²) in [7, 11) is 1.61. The van der Waals surface area contributed by atoms with E-state index in [-0.39, 0.29) is 0 Å². The Morgan fingerprint density at radius 1 is 1.12 bits per heavy atom. The zero-order chi connectivity index (χ0) is 18.4. The number of hydrogen-bond donors (Lipinski definition) is 2. The molecule has 0 radical (unpaired) electrons. The van der Waals surface area contributed by atoms with Gasteiger partial charge in [0.25, 0.3) is 0 Å². The number of nitrogens with one attached hydrogen (secondary N) is 2. The molecule has 0 aliphatic heterocycles. The van der Waals surface area contributed by atoms with Crippen LogP contribution in [0.2, 0.25) is 10.0 Å². The summed E-state index contributed by atoms with van der Waals surface area (Å²) >= 11 is 12.1. The van der Waals surface area contributed by atoms with Crippen molar-refractivity contribution < 1.29 is 4.74 Å². The van der Waals surface area contributed by atoms with Gasteiger partial charge in [-0.15, -0.1) is 5.10 Å². The maximum atomic E-state index is 6.18. The molecule has 3 aromatic rings. The maximum Gasteiger partial charge on any atom is 0.249 e. The molecule has 3 rings (SSSR count). The lowest BCUT2D eigenvalue weighted by atomic mass is 10.1. The number of hydrogen-bond acceptors (Lipinski definition) is 6. The molecule has 0 fully saturated rings. The normalized spacial score (nSPS) is 10.4. The van der Waals surface area contributed by atoms with E-state index in [2.05, 4.69) is 25.8 Å². The molecule has 1 aromatic heterocycles. The molecule has 0 aliphatic rings. The summed E-state index contributed by atoms with van der Waals surface area (Å²) in [6, 6.07) is 13.0. The molecule has 0 bridgehead atoms. The van der Waals surface area contributed by atoms with E-state index < -0.39 is 0 Å². The van der Waals surface area contributed by atoms with Gasteiger partial charge in [0.2, 0.25) is 5.95 Å². The molecular weight excluding hydrogens is 373 g/mol. The Morgan fingerprint density at radius 2 is 1.96 bits per heavy atom. The van der Waals surface area contributed by atoms with Crippen molar-refractivity contribution in [2.45, 2.75) is 6.42 Å². The van der Waals surface area contributed by atoms with Crippen LogP contribution in [0.4, 0.5) is 17.5 Å². The van der Waals surface area contributed by atoms with Gasteiger partial charge in [-0.25, -0.2) is 0 Å². The molecule has 0 aliphatic carbocycles. The summed E-state index contributed by atoms with van der Waals surface area (Å²) < 4.78 is 5.31. The van der Waals surface area contributed by atoms with Crippen LogP contribution < -0.4 is 15.4 Å². The topological polar surface area (TPSA) is 72.0 Å². The predicted octanol–water partition coefficient (Wildman–Crippen LogP) is 4.59. The van der Waals surface area contributed by atoms with Gasteiger partial charge >= 0.3 is 0 Å². The Kier molecular flexibility index (Phi) is 6.09. The first-order valence-corrected chi connectivity index (χ1v) is 8.69. The van der Waals surface area contributed by atoms with Crippen molar-refractivity contribution in [1.82, 2.24) is 15.2 Å². The Hall–Kier alpha value is -2.57. The summed E-state index contributed by atoms with van der Waals surface area (Å²) in [6.45, 7) is 0.647. The third-order valence-corrected chi connectivity index (χ3v) is 4.21. The van der Waals surface area contributed by atoms with E-state index in [4.69, 9.17) is 27.9 Å². The standard InChI is InChI=1S/C18H17Cl2N5O/c1-26-16-5-3-2-4-15(16)23-18-24-17(11-22-25-18)21-9-8-12-6-7-13(19)10-14(12)20/h2-7,10-11H,8-9H2,1H3,(H2,21,23,24,25). The molecule has 0 saturated carbocycles. The SMILES string of the molecule is COc1ccccc1Nc1nncc(NCCc2ccc(Cl)cc2Cl)n1. The lowest BCUT2D eigenvalue weighted by Crippen LogP contribution is -2.09. The molecule has 0 spiro atoms. The van der Waals surface area contributed by atoms with E-state index in [9.17, 15) is 0 Å². The fourth-order valence-corrected chi connectivity index (χ4v) is 2.86. The zero-order valence-corrected chi connectivity index (χ0v) is 15.6. The van der Waals surface area contributed by atoms with Crippen LogP contribution in [-0.4, -0.2) is 28.8 Å². The minimum Gasteiger partial charge on any atom is -0.495 e. The first-order chi connectivity index (χ1) is 12.7. The first-order valence-electron chi connectivity index (χ1n) is 7.93. The van der Waals surface area contributed by atoms with Gasteiger partial charge in [-0.05, 0) is 36.2 Å². The van der Waals surface area contributed by atoms with Gasteiger partial charge in [0.1, 0.15) is 5.75 Å². The fraction of sp³-hybridized carbons (Fsp3) is 0.167.